The average molecular weight is 600 g/mol. The van der Waals surface area contributed by atoms with Crippen molar-refractivity contribution in [2.24, 2.45) is 4.99 Å². The second-order valence-corrected chi connectivity index (χ2v) is 11.5. The van der Waals surface area contributed by atoms with E-state index >= 15 is 0 Å². The lowest BCUT2D eigenvalue weighted by Gasteiger charge is -2.26. The Balaban J connectivity index is 1.75. The zero-order chi connectivity index (χ0) is 29.8. The molecule has 1 unspecified atom stereocenters. The van der Waals surface area contributed by atoms with Gasteiger partial charge in [-0.2, -0.15) is 0 Å². The van der Waals surface area contributed by atoms with Crippen molar-refractivity contribution in [2.45, 2.75) is 31.7 Å². The fraction of sp³-hybridized carbons (Fsp3) is 0.242. The molecule has 9 heteroatoms. The van der Waals surface area contributed by atoms with Gasteiger partial charge >= 0.3 is 5.97 Å². The van der Waals surface area contributed by atoms with E-state index in [1.54, 1.807) is 35.4 Å². The van der Waals surface area contributed by atoms with Crippen LogP contribution in [-0.4, -0.2) is 41.6 Å². The van der Waals surface area contributed by atoms with Crippen LogP contribution in [0.1, 0.15) is 43.5 Å². The third-order valence-electron chi connectivity index (χ3n) is 7.23. The van der Waals surface area contributed by atoms with Crippen molar-refractivity contribution in [3.8, 4) is 5.75 Å². The minimum absolute atomic E-state index is 0.0895. The Kier molecular flexibility index (Phi) is 8.99. The van der Waals surface area contributed by atoms with Gasteiger partial charge in [0.2, 0.25) is 0 Å². The molecule has 1 aromatic heterocycles. The van der Waals surface area contributed by atoms with E-state index in [1.807, 2.05) is 73.0 Å². The van der Waals surface area contributed by atoms with Gasteiger partial charge in [-0.25, -0.2) is 9.79 Å². The first kappa shape index (κ1) is 29.4. The quantitative estimate of drug-likeness (QED) is 0.210. The smallest absolute Gasteiger partial charge is 0.338 e. The van der Waals surface area contributed by atoms with E-state index in [2.05, 4.69) is 18.7 Å². The Morgan fingerprint density at radius 1 is 1.07 bits per heavy atom. The predicted molar refractivity (Wildman–Crippen MR) is 171 cm³/mol. The molecule has 5 rings (SSSR count). The summed E-state index contributed by atoms with van der Waals surface area (Å²) in [5.74, 6) is -0.426. The van der Waals surface area contributed by atoms with Gasteiger partial charge in [0.1, 0.15) is 5.75 Å². The van der Waals surface area contributed by atoms with Gasteiger partial charge in [-0.15, -0.1) is 11.8 Å². The molecule has 0 fully saturated rings. The number of anilines is 1. The molecule has 4 aromatic rings. The maximum absolute atomic E-state index is 14.1. The molecule has 0 radical (unpaired) electrons. The highest BCUT2D eigenvalue weighted by Gasteiger charge is 2.35. The number of ether oxygens (including phenoxy) is 1. The summed E-state index contributed by atoms with van der Waals surface area (Å²) in [5, 5.41) is 10.9. The maximum atomic E-state index is 14.1. The number of carbonyl (C=O) groups excluding carboxylic acids is 1. The number of aromatic nitrogens is 1. The fourth-order valence-electron chi connectivity index (χ4n) is 5.12. The van der Waals surface area contributed by atoms with Crippen LogP contribution in [0.3, 0.4) is 0 Å². The van der Waals surface area contributed by atoms with Crippen LogP contribution >= 0.6 is 23.1 Å². The van der Waals surface area contributed by atoms with Crippen molar-refractivity contribution < 1.29 is 14.6 Å². The molecule has 1 atom stereocenters. The minimum Gasteiger partial charge on any atom is -0.507 e. The van der Waals surface area contributed by atoms with E-state index < -0.39 is 12.0 Å². The Morgan fingerprint density at radius 2 is 1.79 bits per heavy atom. The van der Waals surface area contributed by atoms with Crippen molar-refractivity contribution in [1.29, 1.82) is 0 Å². The van der Waals surface area contributed by atoms with Crippen LogP contribution in [0.2, 0.25) is 0 Å². The summed E-state index contributed by atoms with van der Waals surface area (Å²) in [4.78, 5) is 36.2. The summed E-state index contributed by atoms with van der Waals surface area (Å²) in [6.07, 6.45) is 3.69. The summed E-state index contributed by atoms with van der Waals surface area (Å²) in [6, 6.07) is 22.1. The SMILES string of the molecule is CCOC(=O)C1=C(c2ccccc2)N=c2s/c(=C\c3ccc(N(CC)CC)cc3O)c(=O)n2C1c1ccc(SC)cc1. The summed E-state index contributed by atoms with van der Waals surface area (Å²) in [6.45, 7) is 7.71. The Hall–Kier alpha value is -4.08. The van der Waals surface area contributed by atoms with Gasteiger partial charge in [-0.05, 0) is 62.9 Å². The molecule has 3 aromatic carbocycles. The number of esters is 1. The van der Waals surface area contributed by atoms with Gasteiger partial charge in [0.25, 0.3) is 5.56 Å². The normalized spacial score (nSPS) is 14.9. The Morgan fingerprint density at radius 3 is 2.40 bits per heavy atom. The highest BCUT2D eigenvalue weighted by Crippen LogP contribution is 2.35. The number of phenolic OH excluding ortho intramolecular Hbond substituents is 1. The largest absolute Gasteiger partial charge is 0.507 e. The lowest BCUT2D eigenvalue weighted by Crippen LogP contribution is -2.40. The van der Waals surface area contributed by atoms with E-state index in [-0.39, 0.29) is 17.9 Å². The van der Waals surface area contributed by atoms with E-state index in [0.717, 1.165) is 34.8 Å². The first-order valence-electron chi connectivity index (χ1n) is 13.9. The predicted octanol–water partition coefficient (Wildman–Crippen LogP) is 5.21. The molecule has 0 saturated carbocycles. The number of phenols is 1. The first-order valence-corrected chi connectivity index (χ1v) is 15.9. The second-order valence-electron chi connectivity index (χ2n) is 9.62. The molecule has 42 heavy (non-hydrogen) atoms. The number of hydrogen-bond donors (Lipinski definition) is 1. The highest BCUT2D eigenvalue weighted by molar-refractivity contribution is 7.98. The third-order valence-corrected chi connectivity index (χ3v) is 8.96. The van der Waals surface area contributed by atoms with Gasteiger partial charge < -0.3 is 14.7 Å². The third kappa shape index (κ3) is 5.67. The number of thioether (sulfide) groups is 1. The topological polar surface area (TPSA) is 84.1 Å². The van der Waals surface area contributed by atoms with Gasteiger partial charge in [0.05, 0.1) is 28.5 Å². The molecule has 216 valence electrons. The summed E-state index contributed by atoms with van der Waals surface area (Å²) in [5.41, 5.74) is 3.48. The van der Waals surface area contributed by atoms with Gasteiger partial charge in [0.15, 0.2) is 4.80 Å². The molecule has 0 saturated heterocycles. The number of rotatable bonds is 9. The van der Waals surface area contributed by atoms with E-state index in [0.29, 0.717) is 26.2 Å². The number of benzene rings is 3. The first-order chi connectivity index (χ1) is 20.4. The molecular weight excluding hydrogens is 567 g/mol. The van der Waals surface area contributed by atoms with Crippen LogP contribution in [0.15, 0.2) is 93.1 Å². The number of thiazole rings is 1. The monoisotopic (exact) mass is 599 g/mol. The van der Waals surface area contributed by atoms with Crippen molar-refractivity contribution in [3.63, 3.8) is 0 Å². The summed E-state index contributed by atoms with van der Waals surface area (Å²) < 4.78 is 7.51. The van der Waals surface area contributed by atoms with Crippen LogP contribution in [-0.2, 0) is 9.53 Å². The summed E-state index contributed by atoms with van der Waals surface area (Å²) in [7, 11) is 0. The maximum Gasteiger partial charge on any atom is 0.338 e. The van der Waals surface area contributed by atoms with Gasteiger partial charge in [-0.3, -0.25) is 9.36 Å². The molecule has 2 heterocycles. The van der Waals surface area contributed by atoms with Crippen LogP contribution in [0.4, 0.5) is 5.69 Å². The number of fused-ring (bicyclic) bond motifs is 1. The zero-order valence-corrected chi connectivity index (χ0v) is 25.7. The Labute approximate surface area is 253 Å². The van der Waals surface area contributed by atoms with Crippen molar-refractivity contribution >= 4 is 46.5 Å². The number of carbonyl (C=O) groups is 1. The molecule has 0 aliphatic carbocycles. The number of hydrogen-bond acceptors (Lipinski definition) is 8. The average Bonchev–Trinajstić information content (AvgIpc) is 3.33. The van der Waals surface area contributed by atoms with Crippen LogP contribution in [0.25, 0.3) is 11.8 Å². The van der Waals surface area contributed by atoms with Crippen LogP contribution in [0, 0.1) is 0 Å². The van der Waals surface area contributed by atoms with Crippen LogP contribution in [0.5, 0.6) is 5.75 Å². The molecular formula is C33H33N3O4S2. The lowest BCUT2D eigenvalue weighted by atomic mass is 9.93. The van der Waals surface area contributed by atoms with Crippen LogP contribution < -0.4 is 19.8 Å². The number of aromatic hydroxyl groups is 1. The van der Waals surface area contributed by atoms with Gasteiger partial charge in [0, 0.05) is 40.9 Å². The van der Waals surface area contributed by atoms with E-state index in [9.17, 15) is 14.7 Å². The Bertz CT molecular complexity index is 1800. The molecule has 7 nitrogen and oxygen atoms in total. The van der Waals surface area contributed by atoms with E-state index in [1.165, 1.54) is 11.3 Å². The molecule has 0 spiro atoms. The zero-order valence-electron chi connectivity index (χ0n) is 24.0. The molecule has 1 aliphatic heterocycles. The number of nitrogens with zero attached hydrogens (tertiary/aromatic N) is 3. The molecule has 0 amide bonds. The molecule has 0 bridgehead atoms. The van der Waals surface area contributed by atoms with Gasteiger partial charge in [-0.1, -0.05) is 53.8 Å². The standard InChI is InChI=1S/C33H33N3O4S2/c1-5-35(6-2)24-16-13-23(26(37)20-24)19-27-31(38)36-30(22-14-17-25(41-4)18-15-22)28(32(39)40-7-3)29(34-33(36)42-27)21-11-9-8-10-12-21/h8-20,30,37H,5-7H2,1-4H3/b27-19-. The second kappa shape index (κ2) is 12.8. The highest BCUT2D eigenvalue weighted by atomic mass is 32.2. The fourth-order valence-corrected chi connectivity index (χ4v) is 6.52. The van der Waals surface area contributed by atoms with Crippen molar-refractivity contribution in [2.75, 3.05) is 30.9 Å². The lowest BCUT2D eigenvalue weighted by molar-refractivity contribution is -0.138. The van der Waals surface area contributed by atoms with Crippen molar-refractivity contribution in [3.05, 3.63) is 115 Å². The van der Waals surface area contributed by atoms with E-state index in [4.69, 9.17) is 9.73 Å². The molecule has 1 N–H and O–H groups in total. The summed E-state index contributed by atoms with van der Waals surface area (Å²) >= 11 is 2.85. The van der Waals surface area contributed by atoms with Crippen molar-refractivity contribution in [1.82, 2.24) is 4.57 Å². The molecule has 1 aliphatic rings. The minimum atomic E-state index is -0.743.